The summed E-state index contributed by atoms with van der Waals surface area (Å²) in [4.78, 5) is 4.22. The molecule has 0 saturated carbocycles. The van der Waals surface area contributed by atoms with Gasteiger partial charge in [-0.1, -0.05) is 6.08 Å². The molecule has 0 atom stereocenters. The van der Waals surface area contributed by atoms with Crippen LogP contribution in [-0.4, -0.2) is 16.6 Å². The highest BCUT2D eigenvalue weighted by Crippen LogP contribution is 2.17. The van der Waals surface area contributed by atoms with Gasteiger partial charge in [0.2, 0.25) is 5.95 Å². The molecule has 0 radical (unpaired) electrons. The Bertz CT molecular complexity index is 298. The molecule has 12 heavy (non-hydrogen) atoms. The first-order valence-corrected chi connectivity index (χ1v) is 3.85. The van der Waals surface area contributed by atoms with E-state index in [0.29, 0.717) is 5.82 Å². The second-order valence-electron chi connectivity index (χ2n) is 2.51. The second-order valence-corrected chi connectivity index (χ2v) is 2.51. The minimum absolute atomic E-state index is 0.678. The van der Waals surface area contributed by atoms with Crippen molar-refractivity contribution in [3.8, 4) is 0 Å². The first-order valence-electron chi connectivity index (χ1n) is 3.85. The third kappa shape index (κ3) is 1.28. The zero-order valence-corrected chi connectivity index (χ0v) is 7.63. The average Bonchev–Trinajstić information content (AvgIpc) is 2.33. The fraction of sp³-hybridized carbons (Fsp3) is 0.375. The maximum Gasteiger partial charge on any atom is 0.208 e. The van der Waals surface area contributed by atoms with E-state index in [2.05, 4.69) is 10.3 Å². The zero-order chi connectivity index (χ0) is 9.14. The Hall–Kier alpha value is -1.45. The fourth-order valence-corrected chi connectivity index (χ4v) is 1.03. The Kier molecular flexibility index (Phi) is 2.38. The van der Waals surface area contributed by atoms with E-state index in [-0.39, 0.29) is 0 Å². The van der Waals surface area contributed by atoms with Crippen molar-refractivity contribution in [2.24, 2.45) is 0 Å². The van der Waals surface area contributed by atoms with Crippen LogP contribution in [0.5, 0.6) is 0 Å². The van der Waals surface area contributed by atoms with Crippen LogP contribution in [0, 0.1) is 6.92 Å². The summed E-state index contributed by atoms with van der Waals surface area (Å²) in [6, 6.07) is 0. The molecular formula is C8H14N4. The molecule has 1 aromatic heterocycles. The van der Waals surface area contributed by atoms with E-state index in [1.165, 1.54) is 0 Å². The van der Waals surface area contributed by atoms with Crippen molar-refractivity contribution in [3.05, 3.63) is 11.8 Å². The van der Waals surface area contributed by atoms with Gasteiger partial charge in [0.25, 0.3) is 0 Å². The largest absolute Gasteiger partial charge is 0.383 e. The minimum atomic E-state index is 0.678. The predicted octanol–water partition coefficient (Wildman–Crippen LogP) is 1.31. The molecule has 4 heteroatoms. The molecule has 66 valence electrons. The molecule has 0 aliphatic rings. The maximum absolute atomic E-state index is 5.77. The summed E-state index contributed by atoms with van der Waals surface area (Å²) >= 11 is 0. The summed E-state index contributed by atoms with van der Waals surface area (Å²) < 4.78 is 1.81. The van der Waals surface area contributed by atoms with Crippen LogP contribution in [0.4, 0.5) is 11.8 Å². The molecule has 0 unspecified atom stereocenters. The topological polar surface area (TPSA) is 55.9 Å². The molecule has 0 aliphatic carbocycles. The average molecular weight is 166 g/mol. The molecular weight excluding hydrogens is 152 g/mol. The van der Waals surface area contributed by atoms with Crippen LogP contribution in [0.2, 0.25) is 0 Å². The van der Waals surface area contributed by atoms with Crippen LogP contribution in [0.1, 0.15) is 12.6 Å². The highest BCUT2D eigenvalue weighted by Gasteiger charge is 2.06. The van der Waals surface area contributed by atoms with Gasteiger partial charge in [0.1, 0.15) is 5.82 Å². The van der Waals surface area contributed by atoms with Crippen molar-refractivity contribution in [2.75, 3.05) is 18.1 Å². The van der Waals surface area contributed by atoms with E-state index in [4.69, 9.17) is 5.73 Å². The van der Waals surface area contributed by atoms with Crippen molar-refractivity contribution in [1.29, 1.82) is 0 Å². The lowest BCUT2D eigenvalue weighted by Gasteiger charge is -2.01. The number of aromatic nitrogens is 2. The number of nitrogens with one attached hydrogen (secondary N) is 1. The van der Waals surface area contributed by atoms with Gasteiger partial charge in [-0.2, -0.15) is 0 Å². The number of allylic oxidation sites excluding steroid dienone is 1. The molecule has 1 rings (SSSR count). The monoisotopic (exact) mass is 166 g/mol. The SMILES string of the molecule is C/C=C\n1c(NC)nc(C)c1N. The number of hydrogen-bond donors (Lipinski definition) is 2. The molecule has 0 bridgehead atoms. The third-order valence-corrected chi connectivity index (χ3v) is 1.65. The Morgan fingerprint density at radius 3 is 2.75 bits per heavy atom. The van der Waals surface area contributed by atoms with Crippen LogP contribution in [0.3, 0.4) is 0 Å². The van der Waals surface area contributed by atoms with E-state index in [9.17, 15) is 0 Å². The zero-order valence-electron chi connectivity index (χ0n) is 7.63. The van der Waals surface area contributed by atoms with Crippen molar-refractivity contribution in [1.82, 2.24) is 9.55 Å². The third-order valence-electron chi connectivity index (χ3n) is 1.65. The fourth-order valence-electron chi connectivity index (χ4n) is 1.03. The number of rotatable bonds is 2. The van der Waals surface area contributed by atoms with Gasteiger partial charge in [0.05, 0.1) is 5.69 Å². The number of aryl methyl sites for hydroxylation is 1. The number of imidazole rings is 1. The Morgan fingerprint density at radius 2 is 2.25 bits per heavy atom. The predicted molar refractivity (Wildman–Crippen MR) is 51.9 cm³/mol. The van der Waals surface area contributed by atoms with Crippen molar-refractivity contribution in [2.45, 2.75) is 13.8 Å². The molecule has 0 aromatic carbocycles. The highest BCUT2D eigenvalue weighted by molar-refractivity contribution is 5.53. The molecule has 3 N–H and O–H groups in total. The Labute approximate surface area is 72.1 Å². The van der Waals surface area contributed by atoms with Gasteiger partial charge in [-0.15, -0.1) is 0 Å². The molecule has 0 spiro atoms. The normalized spacial score (nSPS) is 10.9. The van der Waals surface area contributed by atoms with Gasteiger partial charge in [-0.3, -0.25) is 4.57 Å². The highest BCUT2D eigenvalue weighted by atomic mass is 15.2. The number of anilines is 2. The Morgan fingerprint density at radius 1 is 1.58 bits per heavy atom. The van der Waals surface area contributed by atoms with Crippen LogP contribution in [-0.2, 0) is 0 Å². The minimum Gasteiger partial charge on any atom is -0.383 e. The smallest absolute Gasteiger partial charge is 0.208 e. The first-order chi connectivity index (χ1) is 5.70. The summed E-state index contributed by atoms with van der Waals surface area (Å²) in [6.45, 7) is 3.82. The van der Waals surface area contributed by atoms with Crippen LogP contribution in [0.15, 0.2) is 6.08 Å². The molecule has 1 aromatic rings. The number of nitrogens with zero attached hydrogens (tertiary/aromatic N) is 2. The second kappa shape index (κ2) is 3.30. The summed E-state index contributed by atoms with van der Waals surface area (Å²) in [6.07, 6.45) is 3.79. The van der Waals surface area contributed by atoms with Crippen LogP contribution in [0.25, 0.3) is 6.20 Å². The number of nitrogen functional groups attached to an aromatic ring is 1. The van der Waals surface area contributed by atoms with Crippen molar-refractivity contribution >= 4 is 18.0 Å². The lowest BCUT2D eigenvalue weighted by Crippen LogP contribution is -2.00. The van der Waals surface area contributed by atoms with Gasteiger partial charge in [0, 0.05) is 13.2 Å². The number of nitrogens with two attached hydrogens (primary N) is 1. The van der Waals surface area contributed by atoms with Gasteiger partial charge in [0.15, 0.2) is 0 Å². The molecule has 1 heterocycles. The van der Waals surface area contributed by atoms with E-state index in [1.807, 2.05) is 37.7 Å². The van der Waals surface area contributed by atoms with E-state index < -0.39 is 0 Å². The lowest BCUT2D eigenvalue weighted by molar-refractivity contribution is 1.13. The molecule has 0 fully saturated rings. The Balaban J connectivity index is 3.21. The van der Waals surface area contributed by atoms with E-state index >= 15 is 0 Å². The van der Waals surface area contributed by atoms with Gasteiger partial charge < -0.3 is 11.1 Å². The standard InChI is InChI=1S/C8H14N4/c1-4-5-12-7(9)6(2)11-8(12)10-3/h4-5H,9H2,1-3H3,(H,10,11)/b5-4-. The van der Waals surface area contributed by atoms with E-state index in [1.54, 1.807) is 0 Å². The summed E-state index contributed by atoms with van der Waals surface area (Å²) in [5, 5.41) is 2.96. The summed E-state index contributed by atoms with van der Waals surface area (Å²) in [7, 11) is 1.82. The summed E-state index contributed by atoms with van der Waals surface area (Å²) in [5.74, 6) is 1.44. The molecule has 4 nitrogen and oxygen atoms in total. The van der Waals surface area contributed by atoms with Crippen LogP contribution >= 0.6 is 0 Å². The van der Waals surface area contributed by atoms with Gasteiger partial charge in [-0.05, 0) is 13.8 Å². The van der Waals surface area contributed by atoms with Gasteiger partial charge in [-0.25, -0.2) is 4.98 Å². The quantitative estimate of drug-likeness (QED) is 0.696. The molecule has 0 saturated heterocycles. The van der Waals surface area contributed by atoms with E-state index in [0.717, 1.165) is 11.6 Å². The van der Waals surface area contributed by atoms with Gasteiger partial charge >= 0.3 is 0 Å². The molecule has 0 amide bonds. The summed E-state index contributed by atoms with van der Waals surface area (Å²) in [5.41, 5.74) is 6.62. The van der Waals surface area contributed by atoms with Crippen LogP contribution < -0.4 is 11.1 Å². The van der Waals surface area contributed by atoms with Crippen molar-refractivity contribution < 1.29 is 0 Å². The maximum atomic E-state index is 5.77. The van der Waals surface area contributed by atoms with Crippen molar-refractivity contribution in [3.63, 3.8) is 0 Å². The first kappa shape index (κ1) is 8.64. The lowest BCUT2D eigenvalue weighted by atomic mass is 10.5. The number of hydrogen-bond acceptors (Lipinski definition) is 3. The molecule has 0 aliphatic heterocycles.